The van der Waals surface area contributed by atoms with Crippen LogP contribution in [0.15, 0.2) is 54.6 Å². The van der Waals surface area contributed by atoms with Crippen molar-refractivity contribution in [1.29, 1.82) is 0 Å². The number of rotatable bonds is 2. The molecule has 0 saturated carbocycles. The van der Waals surface area contributed by atoms with Gasteiger partial charge in [0.1, 0.15) is 0 Å². The Bertz CT molecular complexity index is 677. The number of piperidine rings is 1. The molecule has 1 aliphatic carbocycles. The van der Waals surface area contributed by atoms with Gasteiger partial charge in [0.05, 0.1) is 0 Å². The molecule has 1 saturated heterocycles. The molecule has 2 aliphatic rings. The van der Waals surface area contributed by atoms with Crippen molar-refractivity contribution in [1.82, 2.24) is 4.90 Å². The maximum absolute atomic E-state index is 2.79. The summed E-state index contributed by atoms with van der Waals surface area (Å²) in [6.07, 6.45) is 5.16. The maximum Gasteiger partial charge on any atom is 0.0323 e. The largest absolute Gasteiger partial charge is 0.293 e. The van der Waals surface area contributed by atoms with E-state index in [1.807, 2.05) is 0 Å². The van der Waals surface area contributed by atoms with Crippen molar-refractivity contribution in [2.75, 3.05) is 6.54 Å². The summed E-state index contributed by atoms with van der Waals surface area (Å²) < 4.78 is 0. The van der Waals surface area contributed by atoms with E-state index in [2.05, 4.69) is 73.3 Å². The molecule has 23 heavy (non-hydrogen) atoms. The van der Waals surface area contributed by atoms with Crippen LogP contribution in [-0.4, -0.2) is 17.5 Å². The van der Waals surface area contributed by atoms with Crippen LogP contribution in [0.5, 0.6) is 0 Å². The van der Waals surface area contributed by atoms with Gasteiger partial charge in [-0.3, -0.25) is 4.90 Å². The van der Waals surface area contributed by atoms with Crippen LogP contribution in [-0.2, 0) is 11.8 Å². The highest BCUT2D eigenvalue weighted by Gasteiger charge is 2.46. The smallest absolute Gasteiger partial charge is 0.0323 e. The summed E-state index contributed by atoms with van der Waals surface area (Å²) in [6, 6.07) is 21.4. The van der Waals surface area contributed by atoms with Crippen molar-refractivity contribution < 1.29 is 0 Å². The van der Waals surface area contributed by atoms with E-state index in [4.69, 9.17) is 0 Å². The number of aryl methyl sites for hydroxylation is 1. The van der Waals surface area contributed by atoms with E-state index in [0.29, 0.717) is 17.5 Å². The van der Waals surface area contributed by atoms with E-state index < -0.39 is 0 Å². The minimum atomic E-state index is 0.316. The number of hydrogen-bond donors (Lipinski definition) is 0. The van der Waals surface area contributed by atoms with Crippen molar-refractivity contribution in [2.24, 2.45) is 0 Å². The standard InChI is InChI=1S/C22H27N/c1-17(18-9-4-3-5-10-18)23-16-8-15-22(2)20-12-7-6-11-19(20)13-14-21(22)23/h3-7,9-12,17,21H,8,13-16H2,1-2H3/t17-,21-,22-/m1/s1. The van der Waals surface area contributed by atoms with Gasteiger partial charge in [-0.25, -0.2) is 0 Å². The van der Waals surface area contributed by atoms with E-state index in [-0.39, 0.29) is 0 Å². The lowest BCUT2D eigenvalue weighted by Gasteiger charge is -2.54. The van der Waals surface area contributed by atoms with Crippen molar-refractivity contribution in [2.45, 2.75) is 57.0 Å². The third-order valence-electron chi connectivity index (χ3n) is 6.35. The van der Waals surface area contributed by atoms with Gasteiger partial charge in [0.2, 0.25) is 0 Å². The quantitative estimate of drug-likeness (QED) is 0.744. The molecule has 4 rings (SSSR count). The third-order valence-corrected chi connectivity index (χ3v) is 6.35. The molecule has 1 heteroatoms. The molecule has 1 nitrogen and oxygen atoms in total. The first-order valence-electron chi connectivity index (χ1n) is 9.09. The van der Waals surface area contributed by atoms with E-state index in [9.17, 15) is 0 Å². The lowest BCUT2D eigenvalue weighted by atomic mass is 9.63. The van der Waals surface area contributed by atoms with Gasteiger partial charge in [-0.2, -0.15) is 0 Å². The monoisotopic (exact) mass is 305 g/mol. The molecule has 0 bridgehead atoms. The molecule has 120 valence electrons. The van der Waals surface area contributed by atoms with Crippen molar-refractivity contribution in [3.63, 3.8) is 0 Å². The summed E-state index contributed by atoms with van der Waals surface area (Å²) >= 11 is 0. The molecule has 2 aromatic rings. The Morgan fingerprint density at radius 2 is 1.78 bits per heavy atom. The van der Waals surface area contributed by atoms with Crippen LogP contribution >= 0.6 is 0 Å². The first-order chi connectivity index (χ1) is 11.2. The third kappa shape index (κ3) is 2.42. The molecule has 1 aliphatic heterocycles. The fourth-order valence-corrected chi connectivity index (χ4v) is 5.09. The van der Waals surface area contributed by atoms with Crippen molar-refractivity contribution in [3.8, 4) is 0 Å². The normalized spacial score (nSPS) is 28.7. The average Bonchev–Trinajstić information content (AvgIpc) is 2.61. The molecule has 1 heterocycles. The number of nitrogens with zero attached hydrogens (tertiary/aromatic N) is 1. The fraction of sp³-hybridized carbons (Fsp3) is 0.455. The first-order valence-corrected chi connectivity index (χ1v) is 9.09. The molecule has 0 spiro atoms. The van der Waals surface area contributed by atoms with Gasteiger partial charge >= 0.3 is 0 Å². The second kappa shape index (κ2) is 5.79. The second-order valence-corrected chi connectivity index (χ2v) is 7.56. The number of fused-ring (bicyclic) bond motifs is 3. The highest BCUT2D eigenvalue weighted by atomic mass is 15.2. The molecule has 0 aromatic heterocycles. The minimum Gasteiger partial charge on any atom is -0.293 e. The number of benzene rings is 2. The van der Waals surface area contributed by atoms with Gasteiger partial charge < -0.3 is 0 Å². The van der Waals surface area contributed by atoms with Crippen LogP contribution in [0.1, 0.15) is 55.8 Å². The van der Waals surface area contributed by atoms with Crippen molar-refractivity contribution >= 4 is 0 Å². The first kappa shape index (κ1) is 15.0. The van der Waals surface area contributed by atoms with Gasteiger partial charge in [-0.05, 0) is 55.8 Å². The van der Waals surface area contributed by atoms with Crippen LogP contribution in [0.3, 0.4) is 0 Å². The molecular weight excluding hydrogens is 278 g/mol. The molecular formula is C22H27N. The topological polar surface area (TPSA) is 3.24 Å². The number of likely N-dealkylation sites (tertiary alicyclic amines) is 1. The summed E-state index contributed by atoms with van der Waals surface area (Å²) in [5.74, 6) is 0. The molecule has 0 radical (unpaired) electrons. The maximum atomic E-state index is 2.79. The molecule has 0 unspecified atom stereocenters. The zero-order valence-electron chi connectivity index (χ0n) is 14.3. The molecule has 2 aromatic carbocycles. The fourth-order valence-electron chi connectivity index (χ4n) is 5.09. The van der Waals surface area contributed by atoms with E-state index in [0.717, 1.165) is 0 Å². The predicted octanol–water partition coefficient (Wildman–Crippen LogP) is 5.12. The highest BCUT2D eigenvalue weighted by Crippen LogP contribution is 2.47. The molecule has 1 fully saturated rings. The van der Waals surface area contributed by atoms with Crippen molar-refractivity contribution in [3.05, 3.63) is 71.3 Å². The summed E-state index contributed by atoms with van der Waals surface area (Å²) in [6.45, 7) is 6.14. The van der Waals surface area contributed by atoms with Crippen LogP contribution in [0.25, 0.3) is 0 Å². The van der Waals surface area contributed by atoms with Gasteiger partial charge in [0, 0.05) is 17.5 Å². The lowest BCUT2D eigenvalue weighted by molar-refractivity contribution is 0.0307. The van der Waals surface area contributed by atoms with Crippen LogP contribution in [0.2, 0.25) is 0 Å². The predicted molar refractivity (Wildman–Crippen MR) is 96.7 cm³/mol. The van der Waals surface area contributed by atoms with E-state index in [1.54, 1.807) is 11.1 Å². The number of hydrogen-bond acceptors (Lipinski definition) is 1. The van der Waals surface area contributed by atoms with E-state index in [1.165, 1.54) is 37.8 Å². The Labute approximate surface area is 140 Å². The Hall–Kier alpha value is -1.60. The van der Waals surface area contributed by atoms with Gasteiger partial charge in [0.25, 0.3) is 0 Å². The zero-order valence-corrected chi connectivity index (χ0v) is 14.3. The van der Waals surface area contributed by atoms with Gasteiger partial charge in [-0.1, -0.05) is 61.5 Å². The summed E-state index contributed by atoms with van der Waals surface area (Å²) in [4.78, 5) is 2.79. The molecule has 3 atom stereocenters. The van der Waals surface area contributed by atoms with Crippen LogP contribution in [0, 0.1) is 0 Å². The summed E-state index contributed by atoms with van der Waals surface area (Å²) in [7, 11) is 0. The van der Waals surface area contributed by atoms with Gasteiger partial charge in [0.15, 0.2) is 0 Å². The zero-order chi connectivity index (χ0) is 15.9. The lowest BCUT2D eigenvalue weighted by Crippen LogP contribution is -2.56. The minimum absolute atomic E-state index is 0.316. The molecule has 0 N–H and O–H groups in total. The molecule has 0 amide bonds. The Balaban J connectivity index is 1.70. The summed E-state index contributed by atoms with van der Waals surface area (Å²) in [5.41, 5.74) is 4.97. The van der Waals surface area contributed by atoms with Crippen LogP contribution < -0.4 is 0 Å². The van der Waals surface area contributed by atoms with Crippen LogP contribution in [0.4, 0.5) is 0 Å². The SMILES string of the molecule is C[C@H](c1ccccc1)N1CCC[C@]2(C)c3ccccc3CC[C@@H]12. The Morgan fingerprint density at radius 1 is 1.04 bits per heavy atom. The Morgan fingerprint density at radius 3 is 2.61 bits per heavy atom. The highest BCUT2D eigenvalue weighted by molar-refractivity contribution is 5.39. The van der Waals surface area contributed by atoms with Gasteiger partial charge in [-0.15, -0.1) is 0 Å². The second-order valence-electron chi connectivity index (χ2n) is 7.56. The average molecular weight is 305 g/mol. The van der Waals surface area contributed by atoms with E-state index >= 15 is 0 Å². The Kier molecular flexibility index (Phi) is 3.77. The summed E-state index contributed by atoms with van der Waals surface area (Å²) in [5, 5.41) is 0.